The Labute approximate surface area is 144 Å². The summed E-state index contributed by atoms with van der Waals surface area (Å²) in [6, 6.07) is 2.58. The first-order valence-electron chi connectivity index (χ1n) is 8.99. The molecule has 0 bridgehead atoms. The molecule has 1 amide bonds. The number of hydrogen-bond acceptors (Lipinski definition) is 4. The quantitative estimate of drug-likeness (QED) is 0.914. The lowest BCUT2D eigenvalue weighted by molar-refractivity contribution is -0.0930. The Morgan fingerprint density at radius 2 is 2.08 bits per heavy atom. The molecule has 1 aromatic heterocycles. The first-order valence-corrected chi connectivity index (χ1v) is 8.99. The van der Waals surface area contributed by atoms with Gasteiger partial charge in [-0.05, 0) is 47.0 Å². The molecule has 6 nitrogen and oxygen atoms in total. The van der Waals surface area contributed by atoms with E-state index in [-0.39, 0.29) is 11.5 Å². The van der Waals surface area contributed by atoms with Crippen LogP contribution in [-0.2, 0) is 4.74 Å². The van der Waals surface area contributed by atoms with E-state index in [4.69, 9.17) is 9.84 Å². The van der Waals surface area contributed by atoms with Crippen LogP contribution in [0.2, 0.25) is 0 Å². The van der Waals surface area contributed by atoms with Crippen LogP contribution in [-0.4, -0.2) is 46.0 Å². The number of likely N-dealkylation sites (tertiary alicyclic amines) is 1. The van der Waals surface area contributed by atoms with Crippen LogP contribution in [0.4, 0.5) is 10.6 Å². The van der Waals surface area contributed by atoms with Gasteiger partial charge in [-0.1, -0.05) is 6.92 Å². The van der Waals surface area contributed by atoms with E-state index >= 15 is 0 Å². The predicted molar refractivity (Wildman–Crippen MR) is 94.3 cm³/mol. The molecule has 134 valence electrons. The number of nitrogens with one attached hydrogen (secondary N) is 1. The molecule has 0 atom stereocenters. The molecule has 1 saturated heterocycles. The number of carbonyl (C=O) groups is 1. The number of aromatic nitrogens is 2. The molecule has 3 rings (SSSR count). The molecular weight excluding hydrogens is 304 g/mol. The molecule has 2 fully saturated rings. The molecule has 6 heteroatoms. The fourth-order valence-corrected chi connectivity index (χ4v) is 3.79. The summed E-state index contributed by atoms with van der Waals surface area (Å²) in [5.41, 5.74) is 1.07. The Kier molecular flexibility index (Phi) is 4.26. The van der Waals surface area contributed by atoms with Gasteiger partial charge in [-0.25, -0.2) is 4.79 Å². The van der Waals surface area contributed by atoms with Gasteiger partial charge in [-0.3, -0.25) is 4.68 Å². The minimum absolute atomic E-state index is 0.183. The van der Waals surface area contributed by atoms with Crippen molar-refractivity contribution in [3.63, 3.8) is 0 Å². The maximum absolute atomic E-state index is 12.1. The minimum Gasteiger partial charge on any atom is -0.444 e. The van der Waals surface area contributed by atoms with Crippen molar-refractivity contribution in [1.29, 1.82) is 0 Å². The van der Waals surface area contributed by atoms with Crippen molar-refractivity contribution in [2.75, 3.05) is 25.0 Å². The molecule has 2 heterocycles. The maximum Gasteiger partial charge on any atom is 0.410 e. The highest BCUT2D eigenvalue weighted by atomic mass is 16.6. The van der Waals surface area contributed by atoms with Gasteiger partial charge < -0.3 is 15.0 Å². The molecule has 1 aliphatic carbocycles. The summed E-state index contributed by atoms with van der Waals surface area (Å²) in [7, 11) is 0. The molecule has 0 unspecified atom stereocenters. The van der Waals surface area contributed by atoms with E-state index < -0.39 is 5.60 Å². The number of nitrogens with zero attached hydrogens (tertiary/aromatic N) is 3. The third-order valence-corrected chi connectivity index (χ3v) is 4.87. The van der Waals surface area contributed by atoms with Crippen LogP contribution in [0.15, 0.2) is 6.07 Å². The topological polar surface area (TPSA) is 59.4 Å². The van der Waals surface area contributed by atoms with Crippen molar-refractivity contribution in [2.24, 2.45) is 5.41 Å². The van der Waals surface area contributed by atoms with Gasteiger partial charge in [0.05, 0.1) is 6.04 Å². The van der Waals surface area contributed by atoms with E-state index in [1.54, 1.807) is 0 Å². The molecule has 1 spiro atoms. The second kappa shape index (κ2) is 5.97. The molecule has 1 aromatic rings. The number of carbonyl (C=O) groups excluding carboxylic acids is 1. The summed E-state index contributed by atoms with van der Waals surface area (Å²) in [6.07, 6.45) is 3.11. The van der Waals surface area contributed by atoms with Gasteiger partial charge in [0.25, 0.3) is 0 Å². The van der Waals surface area contributed by atoms with Crippen molar-refractivity contribution < 1.29 is 9.53 Å². The van der Waals surface area contributed by atoms with Crippen molar-refractivity contribution in [2.45, 2.75) is 65.5 Å². The zero-order valence-corrected chi connectivity index (χ0v) is 15.6. The lowest BCUT2D eigenvalue weighted by Crippen LogP contribution is -2.64. The third kappa shape index (κ3) is 3.37. The average molecular weight is 334 g/mol. The zero-order valence-electron chi connectivity index (χ0n) is 15.6. The average Bonchev–Trinajstić information content (AvgIpc) is 2.72. The smallest absolute Gasteiger partial charge is 0.410 e. The highest BCUT2D eigenvalue weighted by molar-refractivity contribution is 5.69. The van der Waals surface area contributed by atoms with E-state index in [1.165, 1.54) is 5.69 Å². The highest BCUT2D eigenvalue weighted by Gasteiger charge is 2.55. The van der Waals surface area contributed by atoms with E-state index in [2.05, 4.69) is 29.9 Å². The number of hydrogen-bond donors (Lipinski definition) is 1. The van der Waals surface area contributed by atoms with Crippen molar-refractivity contribution in [1.82, 2.24) is 14.7 Å². The fourth-order valence-electron chi connectivity index (χ4n) is 3.79. The van der Waals surface area contributed by atoms with Gasteiger partial charge in [0.1, 0.15) is 11.4 Å². The summed E-state index contributed by atoms with van der Waals surface area (Å²) < 4.78 is 7.59. The summed E-state index contributed by atoms with van der Waals surface area (Å²) in [5, 5.41) is 8.05. The lowest BCUT2D eigenvalue weighted by atomic mass is 9.61. The Morgan fingerprint density at radius 3 is 2.67 bits per heavy atom. The Balaban J connectivity index is 1.50. The number of rotatable bonds is 4. The molecule has 1 N–H and O–H groups in total. The normalized spacial score (nSPS) is 19.8. The largest absolute Gasteiger partial charge is 0.444 e. The van der Waals surface area contributed by atoms with Gasteiger partial charge in [0.15, 0.2) is 0 Å². The molecule has 1 aliphatic heterocycles. The van der Waals surface area contributed by atoms with E-state index in [1.807, 2.05) is 25.7 Å². The van der Waals surface area contributed by atoms with E-state index in [0.29, 0.717) is 6.04 Å². The molecule has 2 aliphatic rings. The molecule has 0 radical (unpaired) electrons. The molecule has 24 heavy (non-hydrogen) atoms. The number of anilines is 1. The summed E-state index contributed by atoms with van der Waals surface area (Å²) in [5.74, 6) is 0.972. The van der Waals surface area contributed by atoms with Gasteiger partial charge in [-0.2, -0.15) is 5.10 Å². The summed E-state index contributed by atoms with van der Waals surface area (Å²) >= 11 is 0. The highest BCUT2D eigenvalue weighted by Crippen LogP contribution is 2.54. The zero-order chi connectivity index (χ0) is 17.5. The Morgan fingerprint density at radius 1 is 1.42 bits per heavy atom. The van der Waals surface area contributed by atoms with Crippen molar-refractivity contribution >= 4 is 11.9 Å². The first kappa shape index (κ1) is 17.1. The van der Waals surface area contributed by atoms with Crippen LogP contribution in [0.25, 0.3) is 0 Å². The SMILES string of the molecule is CCCNc1cc(C)n(C2CC3(C2)CN(C(=O)OC(C)(C)C)C3)n1. The van der Waals surface area contributed by atoms with Crippen molar-refractivity contribution in [3.8, 4) is 0 Å². The minimum atomic E-state index is -0.421. The van der Waals surface area contributed by atoms with Crippen LogP contribution in [0, 0.1) is 12.3 Å². The molecule has 1 saturated carbocycles. The molecule has 0 aromatic carbocycles. The maximum atomic E-state index is 12.1. The summed E-state index contributed by atoms with van der Waals surface area (Å²) in [6.45, 7) is 12.6. The Bertz CT molecular complexity index is 603. The number of aryl methyl sites for hydroxylation is 1. The van der Waals surface area contributed by atoms with Crippen LogP contribution < -0.4 is 5.32 Å². The Hall–Kier alpha value is -1.72. The van der Waals surface area contributed by atoms with Crippen molar-refractivity contribution in [3.05, 3.63) is 11.8 Å². The molecular formula is C18H30N4O2. The summed E-state index contributed by atoms with van der Waals surface area (Å²) in [4.78, 5) is 13.9. The van der Waals surface area contributed by atoms with Gasteiger partial charge in [0, 0.05) is 36.8 Å². The second-order valence-corrected chi connectivity index (χ2v) is 8.44. The van der Waals surface area contributed by atoms with Gasteiger partial charge in [0.2, 0.25) is 0 Å². The van der Waals surface area contributed by atoms with Gasteiger partial charge >= 0.3 is 6.09 Å². The first-order chi connectivity index (χ1) is 11.2. The van der Waals surface area contributed by atoms with Crippen LogP contribution in [0.5, 0.6) is 0 Å². The van der Waals surface area contributed by atoms with Gasteiger partial charge in [-0.15, -0.1) is 0 Å². The fraction of sp³-hybridized carbons (Fsp3) is 0.778. The number of amides is 1. The second-order valence-electron chi connectivity index (χ2n) is 8.44. The predicted octanol–water partition coefficient (Wildman–Crippen LogP) is 3.59. The van der Waals surface area contributed by atoms with Crippen LogP contribution >= 0.6 is 0 Å². The third-order valence-electron chi connectivity index (χ3n) is 4.87. The lowest BCUT2D eigenvalue weighted by Gasteiger charge is -2.58. The standard InChI is InChI=1S/C18H30N4O2/c1-6-7-19-15-8-13(2)22(20-15)14-9-18(10-14)11-21(12-18)16(23)24-17(3,4)5/h8,14H,6-7,9-12H2,1-5H3,(H,19,20). The van der Waals surface area contributed by atoms with E-state index in [9.17, 15) is 4.79 Å². The monoisotopic (exact) mass is 334 g/mol. The van der Waals surface area contributed by atoms with Crippen LogP contribution in [0.3, 0.4) is 0 Å². The number of ether oxygens (including phenoxy) is 1. The van der Waals surface area contributed by atoms with E-state index in [0.717, 1.165) is 44.7 Å². The van der Waals surface area contributed by atoms with Crippen LogP contribution in [0.1, 0.15) is 58.7 Å².